The Kier molecular flexibility index (Phi) is 4.07. The molecule has 5 aromatic rings. The number of hydrogen-bond acceptors (Lipinski definition) is 4. The number of rotatable bonds is 3. The maximum absolute atomic E-state index is 4.91. The number of aromatic nitrogens is 4. The molecule has 0 saturated carbocycles. The molecular weight excluding hydrogens is 344 g/mol. The minimum Gasteiger partial charge on any atom is -0.255 e. The van der Waals surface area contributed by atoms with Gasteiger partial charge in [-0.15, -0.1) is 0 Å². The first-order chi connectivity index (χ1) is 13.9. The normalized spacial score (nSPS) is 10.9. The summed E-state index contributed by atoms with van der Waals surface area (Å²) in [5.74, 6) is 0. The number of hydrogen-bond donors (Lipinski definition) is 0. The zero-order chi connectivity index (χ0) is 18.8. The highest BCUT2D eigenvalue weighted by Crippen LogP contribution is 2.29. The molecule has 132 valence electrons. The van der Waals surface area contributed by atoms with Crippen LogP contribution in [0.5, 0.6) is 0 Å². The molecule has 4 heterocycles. The van der Waals surface area contributed by atoms with E-state index in [9.17, 15) is 0 Å². The topological polar surface area (TPSA) is 51.6 Å². The molecule has 0 aliphatic rings. The molecule has 0 amide bonds. The van der Waals surface area contributed by atoms with Crippen molar-refractivity contribution in [2.45, 2.75) is 0 Å². The summed E-state index contributed by atoms with van der Waals surface area (Å²) in [6.07, 6.45) is 3.56. The molecule has 0 bridgehead atoms. The van der Waals surface area contributed by atoms with Crippen LogP contribution in [0, 0.1) is 0 Å². The fourth-order valence-electron chi connectivity index (χ4n) is 3.25. The van der Waals surface area contributed by atoms with Gasteiger partial charge in [0, 0.05) is 23.3 Å². The van der Waals surface area contributed by atoms with Crippen LogP contribution < -0.4 is 0 Å². The van der Waals surface area contributed by atoms with Gasteiger partial charge in [-0.05, 0) is 42.5 Å². The number of para-hydroxylation sites is 1. The Morgan fingerprint density at radius 2 is 1.07 bits per heavy atom. The molecule has 0 aliphatic carbocycles. The first-order valence-corrected chi connectivity index (χ1v) is 9.08. The molecule has 4 nitrogen and oxygen atoms in total. The molecule has 5 rings (SSSR count). The van der Waals surface area contributed by atoms with E-state index < -0.39 is 0 Å². The van der Waals surface area contributed by atoms with Crippen molar-refractivity contribution in [3.63, 3.8) is 0 Å². The third-order valence-corrected chi connectivity index (χ3v) is 4.60. The maximum Gasteiger partial charge on any atom is 0.0894 e. The highest BCUT2D eigenvalue weighted by molar-refractivity contribution is 5.94. The fourth-order valence-corrected chi connectivity index (χ4v) is 3.25. The Balaban J connectivity index is 1.67. The summed E-state index contributed by atoms with van der Waals surface area (Å²) < 4.78 is 0. The molecule has 0 N–H and O–H groups in total. The predicted octanol–water partition coefficient (Wildman–Crippen LogP) is 5.42. The van der Waals surface area contributed by atoms with Crippen LogP contribution in [-0.4, -0.2) is 19.9 Å². The van der Waals surface area contributed by atoms with E-state index in [1.54, 1.807) is 12.4 Å². The van der Waals surface area contributed by atoms with Crippen LogP contribution in [0.1, 0.15) is 0 Å². The Morgan fingerprint density at radius 3 is 1.79 bits per heavy atom. The summed E-state index contributed by atoms with van der Waals surface area (Å²) in [5.41, 5.74) is 6.18. The number of pyridine rings is 4. The molecule has 0 saturated heterocycles. The molecule has 4 heteroatoms. The van der Waals surface area contributed by atoms with Gasteiger partial charge in [-0.1, -0.05) is 42.5 Å². The number of fused-ring (bicyclic) bond motifs is 1. The largest absolute Gasteiger partial charge is 0.255 e. The van der Waals surface area contributed by atoms with Crippen LogP contribution in [0.4, 0.5) is 0 Å². The summed E-state index contributed by atoms with van der Waals surface area (Å²) >= 11 is 0. The van der Waals surface area contributed by atoms with Crippen molar-refractivity contribution in [3.8, 4) is 34.0 Å². The maximum atomic E-state index is 4.91. The minimum absolute atomic E-state index is 0.844. The fraction of sp³-hybridized carbons (Fsp3) is 0. The van der Waals surface area contributed by atoms with Gasteiger partial charge < -0.3 is 0 Å². The molecule has 0 spiro atoms. The van der Waals surface area contributed by atoms with Crippen LogP contribution in [0.15, 0.2) is 97.3 Å². The molecule has 0 atom stereocenters. The predicted molar refractivity (Wildman–Crippen MR) is 111 cm³/mol. The standard InChI is InChI=1S/C24H16N4/c1-3-15-25-20(9-1)22-12-6-11-19(27-22)18-8-5-7-17-13-14-23(28-24(17)18)21-10-2-4-16-26-21/h1-16H. The lowest BCUT2D eigenvalue weighted by molar-refractivity contribution is 1.24. The zero-order valence-electron chi connectivity index (χ0n) is 15.0. The third kappa shape index (κ3) is 3.01. The van der Waals surface area contributed by atoms with Gasteiger partial charge in [-0.2, -0.15) is 0 Å². The lowest BCUT2D eigenvalue weighted by atomic mass is 10.0. The van der Waals surface area contributed by atoms with E-state index in [1.807, 2.05) is 66.7 Å². The van der Waals surface area contributed by atoms with Gasteiger partial charge in [-0.3, -0.25) is 9.97 Å². The molecule has 0 radical (unpaired) electrons. The summed E-state index contributed by atoms with van der Waals surface area (Å²) in [6.45, 7) is 0. The van der Waals surface area contributed by atoms with Gasteiger partial charge in [0.15, 0.2) is 0 Å². The van der Waals surface area contributed by atoms with Gasteiger partial charge in [0.2, 0.25) is 0 Å². The van der Waals surface area contributed by atoms with Crippen LogP contribution >= 0.6 is 0 Å². The second kappa shape index (κ2) is 7.00. The van der Waals surface area contributed by atoms with E-state index in [0.717, 1.165) is 44.9 Å². The third-order valence-electron chi connectivity index (χ3n) is 4.60. The van der Waals surface area contributed by atoms with Crippen molar-refractivity contribution in [2.75, 3.05) is 0 Å². The van der Waals surface area contributed by atoms with Crippen LogP contribution in [0.2, 0.25) is 0 Å². The van der Waals surface area contributed by atoms with Crippen LogP contribution in [0.25, 0.3) is 44.9 Å². The van der Waals surface area contributed by atoms with Crippen LogP contribution in [-0.2, 0) is 0 Å². The Hall–Kier alpha value is -3.92. The molecular formula is C24H16N4. The smallest absolute Gasteiger partial charge is 0.0894 e. The number of benzene rings is 1. The van der Waals surface area contributed by atoms with Gasteiger partial charge in [-0.25, -0.2) is 9.97 Å². The molecule has 28 heavy (non-hydrogen) atoms. The van der Waals surface area contributed by atoms with Crippen molar-refractivity contribution in [1.82, 2.24) is 19.9 Å². The molecule has 1 aromatic carbocycles. The minimum atomic E-state index is 0.844. The van der Waals surface area contributed by atoms with Crippen molar-refractivity contribution in [2.24, 2.45) is 0 Å². The van der Waals surface area contributed by atoms with E-state index in [4.69, 9.17) is 9.97 Å². The monoisotopic (exact) mass is 360 g/mol. The lowest BCUT2D eigenvalue weighted by Gasteiger charge is -2.09. The average Bonchev–Trinajstić information content (AvgIpc) is 2.79. The summed E-state index contributed by atoms with van der Waals surface area (Å²) in [7, 11) is 0. The quantitative estimate of drug-likeness (QED) is 0.431. The Morgan fingerprint density at radius 1 is 0.429 bits per heavy atom. The highest BCUT2D eigenvalue weighted by atomic mass is 14.8. The van der Waals surface area contributed by atoms with Gasteiger partial charge in [0.25, 0.3) is 0 Å². The Labute approximate surface area is 162 Å². The van der Waals surface area contributed by atoms with Gasteiger partial charge >= 0.3 is 0 Å². The SMILES string of the molecule is c1ccc(-c2cccc(-c3cccc4ccc(-c5ccccn5)nc34)n2)nc1. The van der Waals surface area contributed by atoms with E-state index >= 15 is 0 Å². The molecule has 0 fully saturated rings. The first kappa shape index (κ1) is 16.3. The van der Waals surface area contributed by atoms with Crippen molar-refractivity contribution in [3.05, 3.63) is 97.3 Å². The Bertz CT molecular complexity index is 1250. The number of nitrogens with zero attached hydrogens (tertiary/aromatic N) is 4. The first-order valence-electron chi connectivity index (χ1n) is 9.08. The van der Waals surface area contributed by atoms with E-state index in [0.29, 0.717) is 0 Å². The second-order valence-corrected chi connectivity index (χ2v) is 6.41. The van der Waals surface area contributed by atoms with Gasteiger partial charge in [0.1, 0.15) is 0 Å². The van der Waals surface area contributed by atoms with Crippen molar-refractivity contribution >= 4 is 10.9 Å². The molecule has 0 unspecified atom stereocenters. The highest BCUT2D eigenvalue weighted by Gasteiger charge is 2.10. The second-order valence-electron chi connectivity index (χ2n) is 6.41. The molecule has 4 aromatic heterocycles. The van der Waals surface area contributed by atoms with Crippen molar-refractivity contribution < 1.29 is 0 Å². The average molecular weight is 360 g/mol. The summed E-state index contributed by atoms with van der Waals surface area (Å²) in [4.78, 5) is 18.6. The lowest BCUT2D eigenvalue weighted by Crippen LogP contribution is -1.93. The molecule has 0 aliphatic heterocycles. The van der Waals surface area contributed by atoms with Crippen LogP contribution in [0.3, 0.4) is 0 Å². The van der Waals surface area contributed by atoms with E-state index in [1.165, 1.54) is 0 Å². The van der Waals surface area contributed by atoms with Crippen molar-refractivity contribution in [1.29, 1.82) is 0 Å². The van der Waals surface area contributed by atoms with E-state index in [-0.39, 0.29) is 0 Å². The van der Waals surface area contributed by atoms with Gasteiger partial charge in [0.05, 0.1) is 34.0 Å². The zero-order valence-corrected chi connectivity index (χ0v) is 15.0. The summed E-state index contributed by atoms with van der Waals surface area (Å²) in [6, 6.07) is 27.9. The summed E-state index contributed by atoms with van der Waals surface area (Å²) in [5, 5.41) is 1.07. The van der Waals surface area contributed by atoms with E-state index in [2.05, 4.69) is 28.2 Å².